The van der Waals surface area contributed by atoms with E-state index in [4.69, 9.17) is 0 Å². The Morgan fingerprint density at radius 1 is 0.864 bits per heavy atom. The van der Waals surface area contributed by atoms with Crippen molar-refractivity contribution in [2.45, 2.75) is 64.7 Å². The summed E-state index contributed by atoms with van der Waals surface area (Å²) in [5, 5.41) is 0. The predicted octanol–water partition coefficient (Wildman–Crippen LogP) is 4.83. The largest absolute Gasteiger partial charge is 0.297 e. The Bertz CT molecular complexity index is 400. The van der Waals surface area contributed by atoms with Crippen LogP contribution >= 0.6 is 0 Å². The monoisotopic (exact) mass is 333 g/mol. The van der Waals surface area contributed by atoms with Crippen LogP contribution < -0.4 is 0 Å². The molecule has 0 fully saturated rings. The quantitative estimate of drug-likeness (QED) is 0.544. The van der Waals surface area contributed by atoms with Crippen molar-refractivity contribution in [3.8, 4) is 0 Å². The molecule has 0 bridgehead atoms. The van der Waals surface area contributed by atoms with Gasteiger partial charge in [0.05, 0.1) is 5.75 Å². The molecule has 4 nitrogen and oxygen atoms in total. The van der Waals surface area contributed by atoms with Crippen molar-refractivity contribution < 1.29 is 17.3 Å². The Labute approximate surface area is 134 Å². The first-order valence-electron chi connectivity index (χ1n) is 8.00. The summed E-state index contributed by atoms with van der Waals surface area (Å²) in [4.78, 5) is 3.78. The number of halogens is 1. The zero-order valence-electron chi connectivity index (χ0n) is 13.4. The molecule has 1 aromatic rings. The molecule has 0 spiro atoms. The average molecular weight is 333 g/mol. The molecule has 0 aromatic carbocycles. The van der Waals surface area contributed by atoms with E-state index in [1.807, 2.05) is 18.2 Å². The third-order valence-electron chi connectivity index (χ3n) is 3.16. The van der Waals surface area contributed by atoms with Crippen LogP contribution in [-0.2, 0) is 14.5 Å². The second kappa shape index (κ2) is 14.9. The molecular formula is C16H28FNO3S. The number of pyridine rings is 1. The van der Waals surface area contributed by atoms with Crippen molar-refractivity contribution in [2.24, 2.45) is 0 Å². The van der Waals surface area contributed by atoms with Crippen molar-refractivity contribution >= 4 is 10.1 Å². The van der Waals surface area contributed by atoms with E-state index in [2.05, 4.69) is 16.3 Å². The maximum absolute atomic E-state index is 11.4. The predicted molar refractivity (Wildman–Crippen MR) is 87.4 cm³/mol. The molecule has 0 atom stereocenters. The zero-order chi connectivity index (χ0) is 16.5. The van der Waals surface area contributed by atoms with E-state index in [0.717, 1.165) is 19.3 Å². The van der Waals surface area contributed by atoms with Crippen LogP contribution in [-0.4, -0.2) is 19.2 Å². The average Bonchev–Trinajstić information content (AvgIpc) is 2.55. The van der Waals surface area contributed by atoms with Crippen molar-refractivity contribution in [1.82, 2.24) is 4.98 Å². The maximum Gasteiger partial charge on any atom is 0.297 e. The van der Waals surface area contributed by atoms with Crippen molar-refractivity contribution in [1.29, 1.82) is 0 Å². The number of aromatic nitrogens is 1. The number of nitrogens with zero attached hydrogens (tertiary/aromatic N) is 1. The van der Waals surface area contributed by atoms with Gasteiger partial charge >= 0.3 is 0 Å². The minimum Gasteiger partial charge on any atom is -0.265 e. The molecule has 0 N–H and O–H groups in total. The molecule has 22 heavy (non-hydrogen) atoms. The number of hydrogen-bond acceptors (Lipinski definition) is 4. The van der Waals surface area contributed by atoms with Crippen LogP contribution in [0.15, 0.2) is 30.6 Å². The van der Waals surface area contributed by atoms with Gasteiger partial charge in [0.1, 0.15) is 0 Å². The second-order valence-electron chi connectivity index (χ2n) is 5.18. The number of rotatable bonds is 11. The lowest BCUT2D eigenvalue weighted by molar-refractivity contribution is 0.00288. The molecule has 0 unspecified atom stereocenters. The highest BCUT2D eigenvalue weighted by atomic mass is 32.2. The van der Waals surface area contributed by atoms with Crippen LogP contribution in [0.2, 0.25) is 0 Å². The van der Waals surface area contributed by atoms with Gasteiger partial charge in [0, 0.05) is 12.4 Å². The first-order chi connectivity index (χ1) is 10.6. The van der Waals surface area contributed by atoms with Gasteiger partial charge in [0.2, 0.25) is 0 Å². The first kappa shape index (κ1) is 21.0. The Kier molecular flexibility index (Phi) is 14.2. The fourth-order valence-corrected chi connectivity index (χ4v) is 2.55. The third-order valence-corrected chi connectivity index (χ3v) is 4.14. The van der Waals surface area contributed by atoms with E-state index < -0.39 is 10.1 Å². The van der Waals surface area contributed by atoms with Crippen LogP contribution in [0, 0.1) is 0 Å². The van der Waals surface area contributed by atoms with Crippen LogP contribution in [0.3, 0.4) is 0 Å². The molecule has 1 rings (SSSR count). The fourth-order valence-electron chi connectivity index (χ4n) is 1.93. The van der Waals surface area contributed by atoms with Gasteiger partial charge in [-0.25, -0.2) is 0 Å². The van der Waals surface area contributed by atoms with Crippen molar-refractivity contribution in [3.63, 3.8) is 0 Å². The first-order valence-corrected chi connectivity index (χ1v) is 9.58. The maximum atomic E-state index is 11.4. The molecule has 0 saturated heterocycles. The molecule has 0 saturated carbocycles. The molecular weight excluding hydrogens is 305 g/mol. The van der Waals surface area contributed by atoms with E-state index in [1.54, 1.807) is 12.4 Å². The van der Waals surface area contributed by atoms with Gasteiger partial charge in [-0.05, 0) is 23.1 Å². The molecule has 1 heterocycles. The molecule has 0 radical (unpaired) electrons. The summed E-state index contributed by atoms with van der Waals surface area (Å²) in [5.41, 5.74) is 0. The highest BCUT2D eigenvalue weighted by Gasteiger charge is 2.10. The van der Waals surface area contributed by atoms with E-state index in [0.29, 0.717) is 6.42 Å². The van der Waals surface area contributed by atoms with Gasteiger partial charge in [-0.3, -0.25) is 4.98 Å². The molecule has 0 aliphatic heterocycles. The lowest BCUT2D eigenvalue weighted by atomic mass is 10.1. The van der Waals surface area contributed by atoms with Crippen molar-refractivity contribution in [3.05, 3.63) is 30.6 Å². The van der Waals surface area contributed by atoms with Gasteiger partial charge in [-0.2, -0.15) is 8.42 Å². The zero-order valence-corrected chi connectivity index (χ0v) is 14.2. The molecule has 0 aliphatic rings. The topological polar surface area (TPSA) is 56.3 Å². The second-order valence-corrected chi connectivity index (χ2v) is 6.83. The van der Waals surface area contributed by atoms with E-state index >= 15 is 0 Å². The van der Waals surface area contributed by atoms with Gasteiger partial charge in [0.15, 0.2) is 0 Å². The van der Waals surface area contributed by atoms with Crippen molar-refractivity contribution in [2.75, 3.05) is 5.75 Å². The summed E-state index contributed by atoms with van der Waals surface area (Å²) in [6.07, 6.45) is 13.3. The van der Waals surface area contributed by atoms with Gasteiger partial charge < -0.3 is 0 Å². The van der Waals surface area contributed by atoms with Crippen LogP contribution in [0.5, 0.6) is 0 Å². The summed E-state index contributed by atoms with van der Waals surface area (Å²) in [7, 11) is -3.89. The standard InChI is InChI=1S/C11H23FO3S.C5H5N/c1-2-3-4-5-6-7-8-9-10-11-16(13,14)15-12;1-2-4-6-5-3-1/h2-11H2,1H3;1-5H. The molecule has 0 amide bonds. The van der Waals surface area contributed by atoms with E-state index in [9.17, 15) is 12.9 Å². The third kappa shape index (κ3) is 15.4. The highest BCUT2D eigenvalue weighted by molar-refractivity contribution is 7.86. The summed E-state index contributed by atoms with van der Waals surface area (Å²) in [5.74, 6) is -0.209. The number of unbranched alkanes of at least 4 members (excludes halogenated alkanes) is 8. The molecule has 1 aromatic heterocycles. The lowest BCUT2D eigenvalue weighted by Crippen LogP contribution is -2.05. The molecule has 128 valence electrons. The van der Waals surface area contributed by atoms with Crippen LogP contribution in [0.1, 0.15) is 64.7 Å². The SMILES string of the molecule is CCCCCCCCCCCS(=O)(=O)OF.c1ccncc1. The fraction of sp³-hybridized carbons (Fsp3) is 0.688. The highest BCUT2D eigenvalue weighted by Crippen LogP contribution is 2.10. The summed E-state index contributed by atoms with van der Waals surface area (Å²) < 4.78 is 35.5. The van der Waals surface area contributed by atoms with Crippen LogP contribution in [0.25, 0.3) is 0 Å². The Balaban J connectivity index is 0.000000604. The van der Waals surface area contributed by atoms with E-state index in [-0.39, 0.29) is 5.75 Å². The molecule has 6 heteroatoms. The minimum absolute atomic E-state index is 0.209. The smallest absolute Gasteiger partial charge is 0.265 e. The minimum atomic E-state index is -3.89. The van der Waals surface area contributed by atoms with Gasteiger partial charge in [-0.15, -0.1) is 0 Å². The van der Waals surface area contributed by atoms with Gasteiger partial charge in [0.25, 0.3) is 10.1 Å². The van der Waals surface area contributed by atoms with E-state index in [1.165, 1.54) is 32.1 Å². The molecule has 0 aliphatic carbocycles. The summed E-state index contributed by atoms with van der Waals surface area (Å²) >= 11 is 0. The van der Waals surface area contributed by atoms with Crippen LogP contribution in [0.4, 0.5) is 4.53 Å². The Morgan fingerprint density at radius 2 is 1.36 bits per heavy atom. The van der Waals surface area contributed by atoms with Gasteiger partial charge in [-0.1, -0.05) is 68.7 Å². The Morgan fingerprint density at radius 3 is 1.73 bits per heavy atom. The lowest BCUT2D eigenvalue weighted by Gasteiger charge is -2.01. The summed E-state index contributed by atoms with van der Waals surface area (Å²) in [6.45, 7) is 2.19. The summed E-state index contributed by atoms with van der Waals surface area (Å²) in [6, 6.07) is 5.72. The normalized spacial score (nSPS) is 10.8. The number of hydrogen-bond donors (Lipinski definition) is 0. The Hall–Kier alpha value is -1.01.